The third-order valence-corrected chi connectivity index (χ3v) is 6.13. The van der Waals surface area contributed by atoms with E-state index in [1.165, 1.54) is 19.2 Å². The molecule has 2 unspecified atom stereocenters. The van der Waals surface area contributed by atoms with Gasteiger partial charge in [0, 0.05) is 13.0 Å². The predicted octanol–water partition coefficient (Wildman–Crippen LogP) is 3.67. The second-order valence-electron chi connectivity index (χ2n) is 6.32. The van der Waals surface area contributed by atoms with Crippen LogP contribution in [0.1, 0.15) is 36.3 Å². The van der Waals surface area contributed by atoms with Crippen molar-refractivity contribution < 1.29 is 17.2 Å². The molecule has 124 valence electrons. The second kappa shape index (κ2) is 5.76. The van der Waals surface area contributed by atoms with Crippen molar-refractivity contribution in [1.82, 2.24) is 4.31 Å². The third-order valence-electron chi connectivity index (χ3n) is 4.31. The molecule has 1 aliphatic carbocycles. The van der Waals surface area contributed by atoms with Crippen LogP contribution in [0.5, 0.6) is 0 Å². The first kappa shape index (κ1) is 16.2. The Balaban J connectivity index is 1.80. The minimum absolute atomic E-state index is 0.0802. The number of furan rings is 1. The molecule has 1 saturated carbocycles. The lowest BCUT2D eigenvalue weighted by Crippen LogP contribution is -2.27. The van der Waals surface area contributed by atoms with E-state index in [9.17, 15) is 12.8 Å². The Labute approximate surface area is 136 Å². The first-order valence-corrected chi connectivity index (χ1v) is 9.04. The van der Waals surface area contributed by atoms with Crippen molar-refractivity contribution in [2.75, 3.05) is 7.05 Å². The molecule has 3 rings (SSSR count). The SMILES string of the molecule is Cc1ccc(F)c(S(=O)(=O)N(C)Cc2ccc(C3CC3C)o2)c1. The summed E-state index contributed by atoms with van der Waals surface area (Å²) in [5, 5.41) is 0. The maximum absolute atomic E-state index is 13.9. The van der Waals surface area contributed by atoms with E-state index in [1.807, 2.05) is 6.07 Å². The van der Waals surface area contributed by atoms with Crippen LogP contribution in [0.3, 0.4) is 0 Å². The van der Waals surface area contributed by atoms with Crippen LogP contribution in [-0.4, -0.2) is 19.8 Å². The molecule has 2 aromatic rings. The van der Waals surface area contributed by atoms with Crippen LogP contribution >= 0.6 is 0 Å². The molecule has 0 radical (unpaired) electrons. The van der Waals surface area contributed by atoms with Gasteiger partial charge < -0.3 is 4.42 Å². The maximum atomic E-state index is 13.9. The van der Waals surface area contributed by atoms with E-state index < -0.39 is 15.8 Å². The average molecular weight is 337 g/mol. The van der Waals surface area contributed by atoms with Gasteiger partial charge >= 0.3 is 0 Å². The molecule has 0 bridgehead atoms. The number of hydrogen-bond donors (Lipinski definition) is 0. The van der Waals surface area contributed by atoms with Crippen molar-refractivity contribution in [1.29, 1.82) is 0 Å². The lowest BCUT2D eigenvalue weighted by atomic mass is 10.2. The standard InChI is InChI=1S/C17H20FNO3S/c1-11-4-6-15(18)17(8-11)23(20,21)19(3)10-13-5-7-16(22-13)14-9-12(14)2/h4-8,12,14H,9-10H2,1-3H3. The van der Waals surface area contributed by atoms with Crippen LogP contribution in [0.25, 0.3) is 0 Å². The molecule has 1 aromatic carbocycles. The van der Waals surface area contributed by atoms with Gasteiger partial charge in [0.05, 0.1) is 6.54 Å². The van der Waals surface area contributed by atoms with Gasteiger partial charge in [0.15, 0.2) is 0 Å². The monoisotopic (exact) mass is 337 g/mol. The Morgan fingerprint density at radius 3 is 2.65 bits per heavy atom. The van der Waals surface area contributed by atoms with Crippen molar-refractivity contribution in [3.05, 3.63) is 53.2 Å². The van der Waals surface area contributed by atoms with Gasteiger partial charge in [-0.1, -0.05) is 13.0 Å². The van der Waals surface area contributed by atoms with Crippen LogP contribution in [0, 0.1) is 18.7 Å². The largest absolute Gasteiger partial charge is 0.464 e. The molecule has 23 heavy (non-hydrogen) atoms. The summed E-state index contributed by atoms with van der Waals surface area (Å²) in [6.45, 7) is 3.97. The molecule has 1 heterocycles. The van der Waals surface area contributed by atoms with E-state index in [1.54, 1.807) is 19.1 Å². The highest BCUT2D eigenvalue weighted by atomic mass is 32.2. The fourth-order valence-corrected chi connectivity index (χ4v) is 3.96. The number of sulfonamides is 1. The zero-order valence-electron chi connectivity index (χ0n) is 13.4. The summed E-state index contributed by atoms with van der Waals surface area (Å²) in [4.78, 5) is -0.303. The van der Waals surface area contributed by atoms with Gasteiger partial charge in [-0.05, 0) is 49.1 Å². The van der Waals surface area contributed by atoms with Crippen molar-refractivity contribution in [2.24, 2.45) is 5.92 Å². The van der Waals surface area contributed by atoms with Gasteiger partial charge in [-0.3, -0.25) is 0 Å². The van der Waals surface area contributed by atoms with E-state index in [0.717, 1.165) is 16.5 Å². The summed E-state index contributed by atoms with van der Waals surface area (Å²) in [6.07, 6.45) is 1.11. The van der Waals surface area contributed by atoms with Crippen molar-refractivity contribution in [2.45, 2.75) is 37.6 Å². The van der Waals surface area contributed by atoms with Crippen LogP contribution in [0.4, 0.5) is 4.39 Å². The molecule has 0 aliphatic heterocycles. The predicted molar refractivity (Wildman–Crippen MR) is 85.0 cm³/mol. The van der Waals surface area contributed by atoms with Crippen molar-refractivity contribution >= 4 is 10.0 Å². The Morgan fingerprint density at radius 1 is 1.30 bits per heavy atom. The van der Waals surface area contributed by atoms with E-state index in [-0.39, 0.29) is 11.4 Å². The van der Waals surface area contributed by atoms with Gasteiger partial charge in [-0.15, -0.1) is 0 Å². The molecule has 1 fully saturated rings. The molecule has 0 N–H and O–H groups in total. The first-order chi connectivity index (χ1) is 10.8. The fraction of sp³-hybridized carbons (Fsp3) is 0.412. The zero-order valence-corrected chi connectivity index (χ0v) is 14.2. The summed E-state index contributed by atoms with van der Waals surface area (Å²) in [5.41, 5.74) is 0.696. The van der Waals surface area contributed by atoms with E-state index in [4.69, 9.17) is 4.42 Å². The smallest absolute Gasteiger partial charge is 0.246 e. The molecular formula is C17H20FNO3S. The lowest BCUT2D eigenvalue weighted by molar-refractivity contribution is 0.388. The average Bonchev–Trinajstić information content (AvgIpc) is 3.04. The quantitative estimate of drug-likeness (QED) is 0.836. The van der Waals surface area contributed by atoms with E-state index in [2.05, 4.69) is 6.92 Å². The Bertz CT molecular complexity index is 828. The molecule has 6 heteroatoms. The highest BCUT2D eigenvalue weighted by Gasteiger charge is 2.36. The minimum atomic E-state index is -3.90. The number of halogens is 1. The highest BCUT2D eigenvalue weighted by Crippen LogP contribution is 2.47. The number of aryl methyl sites for hydroxylation is 1. The third kappa shape index (κ3) is 3.19. The zero-order chi connectivity index (χ0) is 16.8. The van der Waals surface area contributed by atoms with Crippen LogP contribution < -0.4 is 0 Å². The summed E-state index contributed by atoms with van der Waals surface area (Å²) >= 11 is 0. The van der Waals surface area contributed by atoms with Gasteiger partial charge in [-0.2, -0.15) is 4.31 Å². The first-order valence-electron chi connectivity index (χ1n) is 7.60. The molecule has 1 aliphatic rings. The van der Waals surface area contributed by atoms with Gasteiger partial charge in [0.1, 0.15) is 22.2 Å². The topological polar surface area (TPSA) is 50.5 Å². The molecule has 0 spiro atoms. The van der Waals surface area contributed by atoms with E-state index >= 15 is 0 Å². The molecule has 2 atom stereocenters. The number of benzene rings is 1. The maximum Gasteiger partial charge on any atom is 0.246 e. The van der Waals surface area contributed by atoms with Crippen LogP contribution in [-0.2, 0) is 16.6 Å². The summed E-state index contributed by atoms with van der Waals surface area (Å²) in [7, 11) is -2.47. The van der Waals surface area contributed by atoms with Crippen LogP contribution in [0.15, 0.2) is 39.6 Å². The second-order valence-corrected chi connectivity index (χ2v) is 8.33. The molecular weight excluding hydrogens is 317 g/mol. The minimum Gasteiger partial charge on any atom is -0.464 e. The van der Waals surface area contributed by atoms with Gasteiger partial charge in [0.25, 0.3) is 0 Å². The Morgan fingerprint density at radius 2 is 2.00 bits per heavy atom. The number of nitrogens with zero attached hydrogens (tertiary/aromatic N) is 1. The lowest BCUT2D eigenvalue weighted by Gasteiger charge is -2.16. The summed E-state index contributed by atoms with van der Waals surface area (Å²) in [6, 6.07) is 7.76. The van der Waals surface area contributed by atoms with E-state index in [0.29, 0.717) is 23.2 Å². The van der Waals surface area contributed by atoms with Crippen molar-refractivity contribution in [3.63, 3.8) is 0 Å². The Hall–Kier alpha value is -1.66. The molecule has 4 nitrogen and oxygen atoms in total. The molecule has 1 aromatic heterocycles. The van der Waals surface area contributed by atoms with Gasteiger partial charge in [-0.25, -0.2) is 12.8 Å². The Kier molecular flexibility index (Phi) is 4.06. The highest BCUT2D eigenvalue weighted by molar-refractivity contribution is 7.89. The van der Waals surface area contributed by atoms with Crippen LogP contribution in [0.2, 0.25) is 0 Å². The summed E-state index contributed by atoms with van der Waals surface area (Å²) < 4.78 is 45.9. The normalized spacial score (nSPS) is 20.9. The fourth-order valence-electron chi connectivity index (χ4n) is 2.68. The summed E-state index contributed by atoms with van der Waals surface area (Å²) in [5.74, 6) is 1.80. The van der Waals surface area contributed by atoms with Gasteiger partial charge in [0.2, 0.25) is 10.0 Å². The molecule has 0 amide bonds. The molecule has 0 saturated heterocycles. The number of hydrogen-bond acceptors (Lipinski definition) is 3. The van der Waals surface area contributed by atoms with Crippen molar-refractivity contribution in [3.8, 4) is 0 Å². The number of rotatable bonds is 5.